The van der Waals surface area contributed by atoms with Gasteiger partial charge in [0.2, 0.25) is 11.0 Å². The number of hydrogen-bond acceptors (Lipinski definition) is 6. The lowest BCUT2D eigenvalue weighted by Crippen LogP contribution is -2.02. The summed E-state index contributed by atoms with van der Waals surface area (Å²) >= 11 is 1.05. The number of thioether (sulfide) groups is 1. The van der Waals surface area contributed by atoms with Crippen LogP contribution in [0.1, 0.15) is 15.9 Å². The molecule has 0 N–H and O–H groups in total. The fourth-order valence-electron chi connectivity index (χ4n) is 2.23. The molecule has 0 amide bonds. The summed E-state index contributed by atoms with van der Waals surface area (Å²) in [6.45, 7) is 0. The van der Waals surface area contributed by atoms with Crippen LogP contribution >= 0.6 is 32.4 Å². The van der Waals surface area contributed by atoms with Crippen molar-refractivity contribution in [3.05, 3.63) is 81.6 Å². The molecule has 2 aromatic rings. The maximum atomic E-state index is 12.5. The molecule has 2 aliphatic heterocycles. The van der Waals surface area contributed by atoms with Crippen LogP contribution in [0.15, 0.2) is 75.5 Å². The standard InChI is InChI=1S/C18H10N2O2S3/c19-11-14-15(23-18(21)13-9-5-2-6-10-13)17-20-16(22-25(17)24-14)12-7-3-1-4-8-12/h1-10H. The van der Waals surface area contributed by atoms with Crippen LogP contribution in [0, 0.1) is 11.3 Å². The smallest absolute Gasteiger partial charge is 0.236 e. The van der Waals surface area contributed by atoms with Gasteiger partial charge in [0.25, 0.3) is 0 Å². The number of benzene rings is 2. The molecule has 1 atom stereocenters. The van der Waals surface area contributed by atoms with E-state index in [1.165, 1.54) is 10.8 Å². The van der Waals surface area contributed by atoms with Crippen molar-refractivity contribution in [2.75, 3.05) is 0 Å². The van der Waals surface area contributed by atoms with Gasteiger partial charge in [0.05, 0.1) is 14.7 Å². The van der Waals surface area contributed by atoms with E-state index in [1.807, 2.05) is 48.5 Å². The van der Waals surface area contributed by atoms with Crippen molar-refractivity contribution in [1.29, 1.82) is 5.26 Å². The lowest BCUT2D eigenvalue weighted by atomic mass is 10.2. The highest BCUT2D eigenvalue weighted by molar-refractivity contribution is 8.84. The van der Waals surface area contributed by atoms with Crippen LogP contribution in [0.5, 0.6) is 0 Å². The molecule has 7 heteroatoms. The zero-order chi connectivity index (χ0) is 17.2. The van der Waals surface area contributed by atoms with Gasteiger partial charge in [0.15, 0.2) is 4.99 Å². The Balaban J connectivity index is 1.63. The molecule has 0 saturated carbocycles. The Morgan fingerprint density at radius 2 is 1.80 bits per heavy atom. The zero-order valence-corrected chi connectivity index (χ0v) is 15.2. The lowest BCUT2D eigenvalue weighted by Gasteiger charge is -2.04. The maximum Gasteiger partial charge on any atom is 0.236 e. The molecular weight excluding hydrogens is 372 g/mol. The van der Waals surface area contributed by atoms with Crippen LogP contribution in [0.25, 0.3) is 0 Å². The number of carbonyl (C=O) groups is 1. The van der Waals surface area contributed by atoms with Crippen molar-refractivity contribution >= 4 is 48.4 Å². The van der Waals surface area contributed by atoms with Gasteiger partial charge in [-0.25, -0.2) is 4.99 Å². The van der Waals surface area contributed by atoms with Gasteiger partial charge in [0.1, 0.15) is 11.0 Å². The minimum absolute atomic E-state index is 0.106. The molecule has 0 aromatic heterocycles. The Bertz CT molecular complexity index is 990. The van der Waals surface area contributed by atoms with E-state index in [-0.39, 0.29) is 5.12 Å². The minimum Gasteiger partial charge on any atom is -0.401 e. The number of nitriles is 1. The van der Waals surface area contributed by atoms with Crippen molar-refractivity contribution in [3.63, 3.8) is 0 Å². The Kier molecular flexibility index (Phi) is 4.49. The second-order valence-corrected chi connectivity index (χ2v) is 9.00. The second kappa shape index (κ2) is 6.92. The normalized spacial score (nSPS) is 18.4. The first kappa shape index (κ1) is 16.2. The second-order valence-electron chi connectivity index (χ2n) is 5.02. The van der Waals surface area contributed by atoms with Crippen LogP contribution < -0.4 is 0 Å². The molecule has 2 aliphatic rings. The molecule has 0 radical (unpaired) electrons. The largest absolute Gasteiger partial charge is 0.401 e. The number of allylic oxidation sites excluding steroid dienone is 1. The molecular formula is C18H10N2O2S3. The van der Waals surface area contributed by atoms with Crippen molar-refractivity contribution in [3.8, 4) is 6.07 Å². The fourth-order valence-corrected chi connectivity index (χ4v) is 6.88. The van der Waals surface area contributed by atoms with Crippen molar-refractivity contribution in [1.82, 2.24) is 0 Å². The van der Waals surface area contributed by atoms with Crippen molar-refractivity contribution in [2.45, 2.75) is 0 Å². The van der Waals surface area contributed by atoms with E-state index in [2.05, 4.69) is 11.1 Å². The van der Waals surface area contributed by atoms with Crippen LogP contribution in [-0.2, 0) is 4.18 Å². The SMILES string of the molecule is N#CC1=C(SC(=O)c2ccccc2)C2=S(OC(c3ccccc3)=N2)S1. The molecule has 0 aliphatic carbocycles. The number of aliphatic imine (C=N–C) groups is 1. The molecule has 25 heavy (non-hydrogen) atoms. The molecule has 1 unspecified atom stereocenters. The van der Waals surface area contributed by atoms with Crippen LogP contribution in [0.4, 0.5) is 0 Å². The van der Waals surface area contributed by atoms with Gasteiger partial charge >= 0.3 is 0 Å². The quantitative estimate of drug-likeness (QED) is 0.566. The number of rotatable bonds is 3. The summed E-state index contributed by atoms with van der Waals surface area (Å²) in [5.74, 6) is 0.536. The fraction of sp³-hybridized carbons (Fsp3) is 0. The van der Waals surface area contributed by atoms with E-state index >= 15 is 0 Å². The highest BCUT2D eigenvalue weighted by atomic mass is 33.1. The van der Waals surface area contributed by atoms with E-state index < -0.39 is 9.80 Å². The number of hydrogen-bond donors (Lipinski definition) is 0. The molecule has 4 nitrogen and oxygen atoms in total. The van der Waals surface area contributed by atoms with E-state index in [1.54, 1.807) is 12.1 Å². The van der Waals surface area contributed by atoms with Gasteiger partial charge in [-0.3, -0.25) is 4.79 Å². The third-order valence-corrected chi connectivity index (χ3v) is 7.85. The van der Waals surface area contributed by atoms with Gasteiger partial charge in [-0.15, -0.1) is 0 Å². The Morgan fingerprint density at radius 1 is 1.12 bits per heavy atom. The molecule has 2 heterocycles. The summed E-state index contributed by atoms with van der Waals surface area (Å²) < 4.78 is 5.91. The van der Waals surface area contributed by atoms with Gasteiger partial charge in [-0.1, -0.05) is 48.5 Å². The first-order chi connectivity index (χ1) is 12.3. The van der Waals surface area contributed by atoms with Gasteiger partial charge in [-0.05, 0) is 34.7 Å². The van der Waals surface area contributed by atoms with Crippen LogP contribution in [0.3, 0.4) is 0 Å². The van der Waals surface area contributed by atoms with Crippen LogP contribution in [0.2, 0.25) is 0 Å². The molecule has 122 valence electrons. The molecule has 0 fully saturated rings. The number of nitrogens with zero attached hydrogens (tertiary/aromatic N) is 2. The third-order valence-electron chi connectivity index (χ3n) is 3.40. The summed E-state index contributed by atoms with van der Waals surface area (Å²) in [7, 11) is 0.653. The maximum absolute atomic E-state index is 12.5. The first-order valence-electron chi connectivity index (χ1n) is 7.30. The molecule has 0 bridgehead atoms. The van der Waals surface area contributed by atoms with E-state index in [0.29, 0.717) is 26.3 Å². The van der Waals surface area contributed by atoms with Crippen LogP contribution in [-0.4, -0.2) is 16.0 Å². The summed E-state index contributed by atoms with van der Waals surface area (Å²) in [6.07, 6.45) is 0. The predicted molar refractivity (Wildman–Crippen MR) is 105 cm³/mol. The van der Waals surface area contributed by atoms with E-state index in [0.717, 1.165) is 17.3 Å². The number of carbonyl (C=O) groups excluding carboxylic acids is 1. The van der Waals surface area contributed by atoms with E-state index in [4.69, 9.17) is 4.18 Å². The first-order valence-corrected chi connectivity index (χ1v) is 10.6. The minimum atomic E-state index is -0.671. The third kappa shape index (κ3) is 3.16. The Morgan fingerprint density at radius 3 is 2.48 bits per heavy atom. The van der Waals surface area contributed by atoms with Gasteiger partial charge in [-0.2, -0.15) is 5.26 Å². The topological polar surface area (TPSA) is 62.5 Å². The molecule has 4 rings (SSSR count). The summed E-state index contributed by atoms with van der Waals surface area (Å²) in [4.78, 5) is 18.9. The molecule has 2 aromatic carbocycles. The monoisotopic (exact) mass is 382 g/mol. The van der Waals surface area contributed by atoms with Crippen molar-refractivity contribution < 1.29 is 8.98 Å². The Hall–Kier alpha value is -2.27. The summed E-state index contributed by atoms with van der Waals surface area (Å²) in [5.41, 5.74) is 1.48. The summed E-state index contributed by atoms with van der Waals surface area (Å²) in [6, 6.07) is 20.8. The highest BCUT2D eigenvalue weighted by Crippen LogP contribution is 2.54. The summed E-state index contributed by atoms with van der Waals surface area (Å²) in [5, 5.41) is 9.29. The van der Waals surface area contributed by atoms with Gasteiger partial charge < -0.3 is 4.18 Å². The highest BCUT2D eigenvalue weighted by Gasteiger charge is 2.34. The predicted octanol–water partition coefficient (Wildman–Crippen LogP) is 4.75. The Labute approximate surface area is 155 Å². The van der Waals surface area contributed by atoms with Crippen molar-refractivity contribution in [2.24, 2.45) is 4.99 Å². The zero-order valence-electron chi connectivity index (χ0n) is 12.7. The lowest BCUT2D eigenvalue weighted by molar-refractivity contribution is 0.108. The molecule has 0 saturated heterocycles. The molecule has 0 spiro atoms. The average Bonchev–Trinajstić information content (AvgIpc) is 3.22. The average molecular weight is 382 g/mol. The van der Waals surface area contributed by atoms with E-state index in [9.17, 15) is 10.1 Å². The van der Waals surface area contributed by atoms with Gasteiger partial charge in [0, 0.05) is 11.1 Å².